The highest BCUT2D eigenvalue weighted by molar-refractivity contribution is 7.80. The molecule has 1 amide bonds. The molecule has 3 rings (SSSR count). The Bertz CT molecular complexity index is 788. The van der Waals surface area contributed by atoms with Crippen molar-refractivity contribution in [2.24, 2.45) is 0 Å². The number of benzene rings is 1. The fraction of sp³-hybridized carbons (Fsp3) is 0.400. The van der Waals surface area contributed by atoms with E-state index in [-0.39, 0.29) is 23.7 Å². The molecular weight excluding hydrogens is 286 g/mol. The number of hydrogen-bond donors (Lipinski definition) is 1. The number of hydrogen-bond acceptors (Lipinski definition) is 3. The Morgan fingerprint density at radius 2 is 1.90 bits per heavy atom. The van der Waals surface area contributed by atoms with E-state index in [2.05, 4.69) is 5.32 Å². The van der Waals surface area contributed by atoms with Crippen molar-refractivity contribution < 1.29 is 4.79 Å². The van der Waals surface area contributed by atoms with Crippen LogP contribution in [0.1, 0.15) is 38.8 Å². The van der Waals surface area contributed by atoms with E-state index in [1.165, 1.54) is 0 Å². The van der Waals surface area contributed by atoms with Crippen LogP contribution < -0.4 is 11.0 Å². The third-order valence-corrected chi connectivity index (χ3v) is 4.23. The Labute approximate surface area is 127 Å². The number of para-hydroxylation sites is 2. The van der Waals surface area contributed by atoms with Gasteiger partial charge in [-0.05, 0) is 32.4 Å². The minimum atomic E-state index is -0.255. The second kappa shape index (κ2) is 5.11. The van der Waals surface area contributed by atoms with Crippen molar-refractivity contribution in [1.82, 2.24) is 14.5 Å². The number of amides is 1. The van der Waals surface area contributed by atoms with E-state index in [0.717, 1.165) is 11.0 Å². The van der Waals surface area contributed by atoms with E-state index in [4.69, 9.17) is 12.2 Å². The summed E-state index contributed by atoms with van der Waals surface area (Å²) in [6, 6.07) is 7.51. The summed E-state index contributed by atoms with van der Waals surface area (Å²) in [4.78, 5) is 24.7. The molecule has 1 unspecified atom stereocenters. The average molecular weight is 303 g/mol. The minimum absolute atomic E-state index is 0.0652. The molecule has 2 aromatic rings. The topological polar surface area (TPSA) is 56.0 Å². The molecule has 0 saturated carbocycles. The quantitative estimate of drug-likeness (QED) is 0.865. The fourth-order valence-corrected chi connectivity index (χ4v) is 3.26. The number of nitrogens with zero attached hydrogens (tertiary/aromatic N) is 2. The average Bonchev–Trinajstić information content (AvgIpc) is 2.71. The molecule has 21 heavy (non-hydrogen) atoms. The van der Waals surface area contributed by atoms with Gasteiger partial charge in [-0.25, -0.2) is 4.79 Å². The first kappa shape index (κ1) is 14.0. The first-order valence-corrected chi connectivity index (χ1v) is 7.46. The maximum atomic E-state index is 12.8. The first-order valence-electron chi connectivity index (χ1n) is 7.06. The lowest BCUT2D eigenvalue weighted by molar-refractivity contribution is -0.120. The van der Waals surface area contributed by atoms with E-state index >= 15 is 0 Å². The van der Waals surface area contributed by atoms with Crippen molar-refractivity contribution in [3.05, 3.63) is 34.7 Å². The maximum Gasteiger partial charge on any atom is 0.330 e. The zero-order valence-electron chi connectivity index (χ0n) is 12.0. The Hall–Kier alpha value is -1.95. The van der Waals surface area contributed by atoms with E-state index < -0.39 is 0 Å². The number of fused-ring (bicyclic) bond motifs is 1. The van der Waals surface area contributed by atoms with Gasteiger partial charge in [0.05, 0.1) is 17.1 Å². The van der Waals surface area contributed by atoms with Crippen LogP contribution in [0.25, 0.3) is 11.0 Å². The monoisotopic (exact) mass is 303 g/mol. The predicted octanol–water partition coefficient (Wildman–Crippen LogP) is 2.16. The predicted molar refractivity (Wildman–Crippen MR) is 85.6 cm³/mol. The van der Waals surface area contributed by atoms with Gasteiger partial charge in [0.15, 0.2) is 0 Å². The molecule has 1 saturated heterocycles. The number of piperidine rings is 1. The zero-order valence-corrected chi connectivity index (χ0v) is 12.8. The van der Waals surface area contributed by atoms with Gasteiger partial charge in [-0.2, -0.15) is 0 Å². The number of nitrogens with one attached hydrogen (secondary N) is 1. The van der Waals surface area contributed by atoms with Crippen molar-refractivity contribution >= 4 is 34.1 Å². The molecule has 0 bridgehead atoms. The molecule has 1 aliphatic rings. The lowest BCUT2D eigenvalue weighted by atomic mass is 10.1. The van der Waals surface area contributed by atoms with Crippen molar-refractivity contribution in [1.29, 1.82) is 0 Å². The van der Waals surface area contributed by atoms with Crippen LogP contribution >= 0.6 is 12.2 Å². The normalized spacial score (nSPS) is 19.3. The summed E-state index contributed by atoms with van der Waals surface area (Å²) in [5, 5.41) is 2.68. The van der Waals surface area contributed by atoms with Crippen molar-refractivity contribution in [3.8, 4) is 0 Å². The molecule has 1 atom stereocenters. The number of carbonyl (C=O) groups excluding carboxylic acids is 1. The second-order valence-electron chi connectivity index (χ2n) is 5.57. The Morgan fingerprint density at radius 3 is 2.52 bits per heavy atom. The van der Waals surface area contributed by atoms with Crippen LogP contribution in [-0.2, 0) is 4.79 Å². The molecule has 6 heteroatoms. The van der Waals surface area contributed by atoms with Crippen LogP contribution in [0.4, 0.5) is 0 Å². The smallest absolute Gasteiger partial charge is 0.319 e. The summed E-state index contributed by atoms with van der Waals surface area (Å²) < 4.78 is 3.49. The Balaban J connectivity index is 2.24. The molecule has 0 spiro atoms. The van der Waals surface area contributed by atoms with Crippen LogP contribution in [0, 0.1) is 0 Å². The zero-order chi connectivity index (χ0) is 15.1. The lowest BCUT2D eigenvalue weighted by Crippen LogP contribution is -2.43. The van der Waals surface area contributed by atoms with Gasteiger partial charge < -0.3 is 5.32 Å². The molecule has 1 fully saturated rings. The van der Waals surface area contributed by atoms with Gasteiger partial charge in [0.2, 0.25) is 5.91 Å². The second-order valence-corrected chi connectivity index (χ2v) is 6.01. The van der Waals surface area contributed by atoms with Crippen LogP contribution in [0.15, 0.2) is 29.1 Å². The Kier molecular flexibility index (Phi) is 3.41. The lowest BCUT2D eigenvalue weighted by Gasteiger charge is -2.24. The number of carbonyl (C=O) groups is 1. The first-order chi connectivity index (χ1) is 10.0. The minimum Gasteiger partial charge on any atom is -0.319 e. The summed E-state index contributed by atoms with van der Waals surface area (Å²) in [5.41, 5.74) is 1.69. The summed E-state index contributed by atoms with van der Waals surface area (Å²) in [6.07, 6.45) is 0.953. The molecule has 1 N–H and O–H groups in total. The van der Waals surface area contributed by atoms with Gasteiger partial charge in [0.1, 0.15) is 4.99 Å². The number of aromatic nitrogens is 2. The molecule has 0 aliphatic carbocycles. The fourth-order valence-electron chi connectivity index (χ4n) is 2.92. The maximum absolute atomic E-state index is 12.8. The van der Waals surface area contributed by atoms with E-state index in [1.54, 1.807) is 9.13 Å². The van der Waals surface area contributed by atoms with Crippen molar-refractivity contribution in [2.45, 2.75) is 38.8 Å². The summed E-state index contributed by atoms with van der Waals surface area (Å²) >= 11 is 5.28. The van der Waals surface area contributed by atoms with Gasteiger partial charge in [-0.3, -0.25) is 13.9 Å². The van der Waals surface area contributed by atoms with Crippen LogP contribution in [-0.4, -0.2) is 20.0 Å². The summed E-state index contributed by atoms with van der Waals surface area (Å²) in [7, 11) is 0. The van der Waals surface area contributed by atoms with E-state index in [9.17, 15) is 9.59 Å². The molecule has 1 aromatic heterocycles. The summed E-state index contributed by atoms with van der Waals surface area (Å²) in [6.45, 7) is 3.97. The highest BCUT2D eigenvalue weighted by Gasteiger charge is 2.29. The van der Waals surface area contributed by atoms with E-state index in [0.29, 0.717) is 17.8 Å². The van der Waals surface area contributed by atoms with Crippen LogP contribution in [0.3, 0.4) is 0 Å². The van der Waals surface area contributed by atoms with Crippen LogP contribution in [0.5, 0.6) is 0 Å². The van der Waals surface area contributed by atoms with Gasteiger partial charge in [-0.15, -0.1) is 0 Å². The van der Waals surface area contributed by atoms with Crippen molar-refractivity contribution in [2.75, 3.05) is 0 Å². The highest BCUT2D eigenvalue weighted by Crippen LogP contribution is 2.25. The SMILES string of the molecule is CC(C)n1c(=O)n(C2CCC(=O)NC2=S)c2ccccc21. The molecule has 1 aliphatic heterocycles. The number of imidazole rings is 1. The van der Waals surface area contributed by atoms with E-state index in [1.807, 2.05) is 38.1 Å². The third kappa shape index (κ3) is 2.19. The molecule has 1 aromatic carbocycles. The molecule has 5 nitrogen and oxygen atoms in total. The van der Waals surface area contributed by atoms with Gasteiger partial charge >= 0.3 is 5.69 Å². The van der Waals surface area contributed by atoms with Gasteiger partial charge in [-0.1, -0.05) is 24.4 Å². The Morgan fingerprint density at radius 1 is 1.24 bits per heavy atom. The standard InChI is InChI=1S/C15H17N3O2S/c1-9(2)17-10-5-3-4-6-11(10)18(15(17)20)12-7-8-13(19)16-14(12)21/h3-6,9,12H,7-8H2,1-2H3,(H,16,19,21). The number of thiocarbonyl (C=S) groups is 1. The van der Waals surface area contributed by atoms with Crippen molar-refractivity contribution in [3.63, 3.8) is 0 Å². The largest absolute Gasteiger partial charge is 0.330 e. The van der Waals surface area contributed by atoms with Gasteiger partial charge in [0, 0.05) is 12.5 Å². The van der Waals surface area contributed by atoms with Gasteiger partial charge in [0.25, 0.3) is 0 Å². The highest BCUT2D eigenvalue weighted by atomic mass is 32.1. The molecule has 110 valence electrons. The number of rotatable bonds is 2. The summed E-state index contributed by atoms with van der Waals surface area (Å²) in [5.74, 6) is -0.0723. The third-order valence-electron chi connectivity index (χ3n) is 3.85. The molecule has 2 heterocycles. The van der Waals surface area contributed by atoms with Crippen LogP contribution in [0.2, 0.25) is 0 Å². The molecule has 0 radical (unpaired) electrons. The molecular formula is C15H17N3O2S.